The van der Waals surface area contributed by atoms with Crippen molar-refractivity contribution in [3.05, 3.63) is 0 Å². The summed E-state index contributed by atoms with van der Waals surface area (Å²) in [5.41, 5.74) is 4.92. The third-order valence-electron chi connectivity index (χ3n) is 1.08. The van der Waals surface area contributed by atoms with Gasteiger partial charge >= 0.3 is 5.97 Å². The van der Waals surface area contributed by atoms with E-state index in [4.69, 9.17) is 15.7 Å². The zero-order valence-corrected chi connectivity index (χ0v) is 8.98. The molecule has 0 rings (SSSR count). The van der Waals surface area contributed by atoms with Crippen molar-refractivity contribution in [3.63, 3.8) is 0 Å². The van der Waals surface area contributed by atoms with Gasteiger partial charge in [-0.1, -0.05) is 0 Å². The van der Waals surface area contributed by atoms with E-state index in [0.29, 0.717) is 0 Å². The number of hydrogen-bond acceptors (Lipinski definition) is 6. The van der Waals surface area contributed by atoms with Gasteiger partial charge in [-0.2, -0.15) is 0 Å². The smallest absolute Gasteiger partial charge is 0.303 e. The average molecular weight is 242 g/mol. The standard InChI is InChI=1S/C5H9NO3.CH5O4P/c6-3-4(7)1-2-5(8)9;1-5-6(2,3)4/h1-3,6H2,(H,8,9);1H3,(H2,2,3,4)/p-1. The van der Waals surface area contributed by atoms with E-state index >= 15 is 0 Å². The number of nitrogens with two attached hydrogens (primary N) is 1. The Balaban J connectivity index is 0. The van der Waals surface area contributed by atoms with Crippen molar-refractivity contribution in [2.24, 2.45) is 5.73 Å². The topological polar surface area (TPSA) is 150 Å². The van der Waals surface area contributed by atoms with Crippen molar-refractivity contribution < 1.29 is 33.6 Å². The highest BCUT2D eigenvalue weighted by Crippen LogP contribution is 2.27. The summed E-state index contributed by atoms with van der Waals surface area (Å²) in [6.07, 6.45) is -0.0676. The Labute approximate surface area is 86.3 Å². The molecule has 0 aromatic heterocycles. The van der Waals surface area contributed by atoms with E-state index in [1.165, 1.54) is 0 Å². The zero-order valence-electron chi connectivity index (χ0n) is 8.08. The van der Waals surface area contributed by atoms with Crippen LogP contribution in [0.2, 0.25) is 0 Å². The normalized spacial score (nSPS) is 13.3. The molecule has 9 heteroatoms. The summed E-state index contributed by atoms with van der Waals surface area (Å²) in [7, 11) is -3.51. The van der Waals surface area contributed by atoms with Gasteiger partial charge in [-0.25, -0.2) is 0 Å². The van der Waals surface area contributed by atoms with Gasteiger partial charge in [0.2, 0.25) is 0 Å². The third-order valence-corrected chi connectivity index (χ3v) is 1.54. The van der Waals surface area contributed by atoms with Crippen LogP contribution in [0.15, 0.2) is 0 Å². The third kappa shape index (κ3) is 19.6. The highest BCUT2D eigenvalue weighted by Gasteiger charge is 2.01. The fourth-order valence-corrected chi connectivity index (χ4v) is 0.348. The predicted octanol–water partition coefficient (Wildman–Crippen LogP) is -1.53. The van der Waals surface area contributed by atoms with E-state index < -0.39 is 13.8 Å². The molecule has 90 valence electrons. The Morgan fingerprint density at radius 1 is 1.47 bits per heavy atom. The van der Waals surface area contributed by atoms with E-state index in [9.17, 15) is 19.0 Å². The molecule has 0 saturated carbocycles. The van der Waals surface area contributed by atoms with Crippen LogP contribution < -0.4 is 10.6 Å². The maximum atomic E-state index is 10.3. The van der Waals surface area contributed by atoms with Gasteiger partial charge in [-0.3, -0.25) is 14.2 Å². The Kier molecular flexibility index (Phi) is 9.44. The van der Waals surface area contributed by atoms with E-state index in [1.807, 2.05) is 0 Å². The number of carbonyl (C=O) groups is 2. The van der Waals surface area contributed by atoms with Gasteiger partial charge < -0.3 is 25.2 Å². The van der Waals surface area contributed by atoms with Crippen LogP contribution in [0.5, 0.6) is 0 Å². The second kappa shape index (κ2) is 8.51. The summed E-state index contributed by atoms with van der Waals surface area (Å²) >= 11 is 0. The minimum atomic E-state index is -4.40. The molecule has 0 fully saturated rings. The molecule has 0 aromatic rings. The molecule has 0 bridgehead atoms. The van der Waals surface area contributed by atoms with Gasteiger partial charge in [0.05, 0.1) is 13.0 Å². The lowest BCUT2D eigenvalue weighted by Gasteiger charge is -2.09. The van der Waals surface area contributed by atoms with Gasteiger partial charge in [-0.15, -0.1) is 0 Å². The summed E-state index contributed by atoms with van der Waals surface area (Å²) in [4.78, 5) is 37.1. The number of hydrogen-bond donors (Lipinski definition) is 3. The molecule has 0 amide bonds. The average Bonchev–Trinajstić information content (AvgIpc) is 2.14. The van der Waals surface area contributed by atoms with Crippen LogP contribution in [0.25, 0.3) is 0 Å². The van der Waals surface area contributed by atoms with Crippen LogP contribution in [0.1, 0.15) is 12.8 Å². The lowest BCUT2D eigenvalue weighted by Crippen LogP contribution is -2.14. The van der Waals surface area contributed by atoms with Gasteiger partial charge in [0.1, 0.15) is 5.78 Å². The van der Waals surface area contributed by atoms with E-state index in [-0.39, 0.29) is 25.2 Å². The highest BCUT2D eigenvalue weighted by atomic mass is 31.2. The number of phosphoric ester groups is 1. The molecule has 0 heterocycles. The second-order valence-electron chi connectivity index (χ2n) is 2.29. The zero-order chi connectivity index (χ0) is 12.5. The van der Waals surface area contributed by atoms with Gasteiger partial charge in [0.25, 0.3) is 7.82 Å². The molecule has 1 atom stereocenters. The molecular formula is C6H13NO7P-. The maximum Gasteiger partial charge on any atom is 0.303 e. The first kappa shape index (κ1) is 16.6. The van der Waals surface area contributed by atoms with Crippen LogP contribution in [0, 0.1) is 0 Å². The second-order valence-corrected chi connectivity index (χ2v) is 3.59. The fraction of sp³-hybridized carbons (Fsp3) is 0.667. The van der Waals surface area contributed by atoms with Crippen LogP contribution >= 0.6 is 7.82 Å². The Hall–Kier alpha value is -0.790. The van der Waals surface area contributed by atoms with E-state index in [2.05, 4.69) is 4.52 Å². The summed E-state index contributed by atoms with van der Waals surface area (Å²) in [6.45, 7) is -0.0622. The summed E-state index contributed by atoms with van der Waals surface area (Å²) in [5.74, 6) is -1.17. The Bertz CT molecular complexity index is 248. The number of carbonyl (C=O) groups excluding carboxylic acids is 1. The number of Topliss-reactive ketones (excluding diaryl/α,β-unsaturated/α-hetero) is 1. The summed E-state index contributed by atoms with van der Waals surface area (Å²) < 4.78 is 12.9. The molecule has 0 aliphatic rings. The lowest BCUT2D eigenvalue weighted by atomic mass is 10.2. The number of aliphatic carboxylic acids is 1. The molecular weight excluding hydrogens is 229 g/mol. The summed E-state index contributed by atoms with van der Waals surface area (Å²) in [5, 5.41) is 8.06. The first-order chi connectivity index (χ1) is 6.72. The number of ketones is 1. The van der Waals surface area contributed by atoms with Gasteiger partial charge in [0, 0.05) is 13.5 Å². The minimum Gasteiger partial charge on any atom is -0.756 e. The van der Waals surface area contributed by atoms with Crippen LogP contribution in [0.3, 0.4) is 0 Å². The summed E-state index contributed by atoms with van der Waals surface area (Å²) in [6, 6.07) is 0. The first-order valence-corrected chi connectivity index (χ1v) is 5.25. The molecule has 0 saturated heterocycles. The van der Waals surface area contributed by atoms with Crippen molar-refractivity contribution in [2.75, 3.05) is 13.7 Å². The van der Waals surface area contributed by atoms with Crippen molar-refractivity contribution >= 4 is 19.6 Å². The lowest BCUT2D eigenvalue weighted by molar-refractivity contribution is -0.217. The fourth-order valence-electron chi connectivity index (χ4n) is 0.348. The number of phosphoric acid groups is 1. The Morgan fingerprint density at radius 3 is 2.07 bits per heavy atom. The molecule has 8 nitrogen and oxygen atoms in total. The predicted molar refractivity (Wildman–Crippen MR) is 47.8 cm³/mol. The molecule has 0 radical (unpaired) electrons. The monoisotopic (exact) mass is 242 g/mol. The number of carboxylic acids is 1. The number of rotatable bonds is 5. The van der Waals surface area contributed by atoms with Crippen molar-refractivity contribution in [3.8, 4) is 0 Å². The van der Waals surface area contributed by atoms with Gasteiger partial charge in [-0.05, 0) is 0 Å². The van der Waals surface area contributed by atoms with Crippen LogP contribution in [-0.2, 0) is 18.7 Å². The van der Waals surface area contributed by atoms with Crippen molar-refractivity contribution in [2.45, 2.75) is 12.8 Å². The quantitative estimate of drug-likeness (QED) is 0.491. The molecule has 15 heavy (non-hydrogen) atoms. The molecule has 0 aliphatic heterocycles. The highest BCUT2D eigenvalue weighted by molar-refractivity contribution is 7.44. The van der Waals surface area contributed by atoms with Gasteiger partial charge in [0.15, 0.2) is 0 Å². The molecule has 4 N–H and O–H groups in total. The van der Waals surface area contributed by atoms with E-state index in [0.717, 1.165) is 7.11 Å². The molecule has 0 spiro atoms. The van der Waals surface area contributed by atoms with Crippen molar-refractivity contribution in [1.82, 2.24) is 0 Å². The molecule has 0 aromatic carbocycles. The first-order valence-electron chi connectivity index (χ1n) is 3.76. The van der Waals surface area contributed by atoms with Crippen LogP contribution in [0.4, 0.5) is 0 Å². The Morgan fingerprint density at radius 2 is 1.87 bits per heavy atom. The van der Waals surface area contributed by atoms with Crippen molar-refractivity contribution in [1.29, 1.82) is 0 Å². The molecule has 1 unspecified atom stereocenters. The number of carboxylic acid groups (broad SMARTS) is 1. The maximum absolute atomic E-state index is 10.3. The minimum absolute atomic E-state index is 0.0475. The largest absolute Gasteiger partial charge is 0.756 e. The van der Waals surface area contributed by atoms with E-state index in [1.54, 1.807) is 0 Å². The SMILES string of the molecule is COP(=O)([O-])O.NCC(=O)CCC(=O)O. The molecule has 0 aliphatic carbocycles. The van der Waals surface area contributed by atoms with Crippen LogP contribution in [-0.4, -0.2) is 35.4 Å².